The number of rotatable bonds is 24. The van der Waals surface area contributed by atoms with Crippen LogP contribution in [0.3, 0.4) is 0 Å². The van der Waals surface area contributed by atoms with Gasteiger partial charge in [-0.25, -0.2) is 0 Å². The Morgan fingerprint density at radius 1 is 0.815 bits per heavy atom. The Bertz CT molecular complexity index is 1390. The molecular weight excluding hydrogens is 713 g/mol. The van der Waals surface area contributed by atoms with Gasteiger partial charge in [0.05, 0.1) is 45.2 Å². The molecule has 0 aliphatic carbocycles. The average Bonchev–Trinajstić information content (AvgIpc) is 3.12. The Morgan fingerprint density at radius 2 is 1.46 bits per heavy atom. The zero-order chi connectivity index (χ0) is 40.4. The predicted molar refractivity (Wildman–Crippen MR) is 225 cm³/mol. The van der Waals surface area contributed by atoms with Gasteiger partial charge in [-0.3, -0.25) is 0 Å². The third kappa shape index (κ3) is 17.7. The van der Waals surface area contributed by atoms with E-state index in [9.17, 15) is 5.11 Å². The summed E-state index contributed by atoms with van der Waals surface area (Å²) in [6.45, 7) is 25.6. The Hall–Kier alpha value is -2.31. The summed E-state index contributed by atoms with van der Waals surface area (Å²) in [5, 5.41) is 11.8. The highest BCUT2D eigenvalue weighted by molar-refractivity contribution is 6.74. The zero-order valence-electron chi connectivity index (χ0n) is 35.6. The molecule has 0 aromatic heterocycles. The van der Waals surface area contributed by atoms with Gasteiger partial charge in [-0.2, -0.15) is 0 Å². The van der Waals surface area contributed by atoms with Crippen molar-refractivity contribution in [1.82, 2.24) is 0 Å². The number of methoxy groups -OCH3 is 2. The minimum Gasteiger partial charge on any atom is -0.497 e. The number of aliphatic hydroxyl groups excluding tert-OH is 1. The van der Waals surface area contributed by atoms with Crippen LogP contribution in [0.2, 0.25) is 37.8 Å². The Kier molecular flexibility index (Phi) is 21.0. The molecular formula is C44H72O8Si2. The first kappa shape index (κ1) is 47.8. The lowest BCUT2D eigenvalue weighted by Crippen LogP contribution is -2.46. The van der Waals surface area contributed by atoms with Crippen molar-refractivity contribution < 1.29 is 37.6 Å². The lowest BCUT2D eigenvalue weighted by molar-refractivity contribution is -0.0826. The van der Waals surface area contributed by atoms with E-state index in [1.165, 1.54) is 0 Å². The quantitative estimate of drug-likeness (QED) is 0.0371. The maximum atomic E-state index is 11.8. The maximum absolute atomic E-state index is 11.8. The number of aliphatic hydroxyl groups is 1. The summed E-state index contributed by atoms with van der Waals surface area (Å²) in [5.41, 5.74) is 2.16. The van der Waals surface area contributed by atoms with Gasteiger partial charge in [-0.15, -0.1) is 0 Å². The van der Waals surface area contributed by atoms with E-state index < -0.39 is 28.8 Å². The van der Waals surface area contributed by atoms with Crippen molar-refractivity contribution >= 4 is 16.6 Å². The Morgan fingerprint density at radius 3 is 2.04 bits per heavy atom. The van der Waals surface area contributed by atoms with Gasteiger partial charge < -0.3 is 37.6 Å². The van der Waals surface area contributed by atoms with E-state index in [1.807, 2.05) is 55.5 Å². The summed E-state index contributed by atoms with van der Waals surface area (Å²) in [5.74, 6) is 6.99. The van der Waals surface area contributed by atoms with E-state index in [0.717, 1.165) is 29.7 Å². The largest absolute Gasteiger partial charge is 0.497 e. The smallest absolute Gasteiger partial charge is 0.193 e. The highest BCUT2D eigenvalue weighted by atomic mass is 28.4. The third-order valence-corrected chi connectivity index (χ3v) is 15.4. The highest BCUT2D eigenvalue weighted by Crippen LogP contribution is 2.38. The number of hydrogen-bond donors (Lipinski definition) is 1. The zero-order valence-corrected chi connectivity index (χ0v) is 37.6. The highest BCUT2D eigenvalue weighted by Gasteiger charge is 2.40. The summed E-state index contributed by atoms with van der Waals surface area (Å²) < 4.78 is 42.9. The molecule has 0 heterocycles. The molecule has 0 spiro atoms. The lowest BCUT2D eigenvalue weighted by atomic mass is 9.86. The molecule has 304 valence electrons. The van der Waals surface area contributed by atoms with E-state index in [4.69, 9.17) is 32.5 Å². The SMILES string of the molecule is CCC[C@@H](C[C@@H](C#CC(O)[C@@H](C)[C@H](O[Si](C)(C)C)[C@H](C)[C@H](/C=C/COCc1ccc(OC)cc1)OCc1ccccc1)O[Si](C)(C)C(C)(C)C)OCOC. The molecule has 2 rings (SSSR count). The first-order chi connectivity index (χ1) is 25.4. The first-order valence-electron chi connectivity index (χ1n) is 19.6. The summed E-state index contributed by atoms with van der Waals surface area (Å²) in [6.07, 6.45) is 4.50. The molecule has 7 atom stereocenters. The molecule has 0 fully saturated rings. The lowest BCUT2D eigenvalue weighted by Gasteiger charge is -2.39. The van der Waals surface area contributed by atoms with Gasteiger partial charge in [-0.05, 0) is 67.5 Å². The van der Waals surface area contributed by atoms with Crippen LogP contribution in [-0.2, 0) is 41.0 Å². The monoisotopic (exact) mass is 784 g/mol. The molecule has 2 aromatic carbocycles. The van der Waals surface area contributed by atoms with Crippen molar-refractivity contribution in [3.05, 3.63) is 77.9 Å². The van der Waals surface area contributed by atoms with E-state index >= 15 is 0 Å². The van der Waals surface area contributed by atoms with Crippen molar-refractivity contribution in [2.24, 2.45) is 11.8 Å². The Labute approximate surface area is 330 Å². The predicted octanol–water partition coefficient (Wildman–Crippen LogP) is 9.78. The minimum atomic E-state index is -2.18. The van der Waals surface area contributed by atoms with Crippen molar-refractivity contribution in [3.8, 4) is 17.6 Å². The fourth-order valence-electron chi connectivity index (χ4n) is 5.75. The number of hydrogen-bond acceptors (Lipinski definition) is 8. The van der Waals surface area contributed by atoms with Crippen LogP contribution in [0.1, 0.15) is 71.9 Å². The molecule has 8 nitrogen and oxygen atoms in total. The normalized spacial score (nSPS) is 16.6. The van der Waals surface area contributed by atoms with E-state index in [2.05, 4.69) is 97.4 Å². The van der Waals surface area contributed by atoms with Crippen LogP contribution in [0.25, 0.3) is 0 Å². The molecule has 0 saturated carbocycles. The summed E-state index contributed by atoms with van der Waals surface area (Å²) in [4.78, 5) is 0. The van der Waals surface area contributed by atoms with E-state index in [-0.39, 0.29) is 42.0 Å². The van der Waals surface area contributed by atoms with Crippen LogP contribution in [0.15, 0.2) is 66.7 Å². The molecule has 2 aromatic rings. The maximum Gasteiger partial charge on any atom is 0.193 e. The summed E-state index contributed by atoms with van der Waals surface area (Å²) in [6, 6.07) is 18.0. The van der Waals surface area contributed by atoms with E-state index in [0.29, 0.717) is 26.2 Å². The van der Waals surface area contributed by atoms with Gasteiger partial charge in [0.25, 0.3) is 0 Å². The second kappa shape index (κ2) is 23.7. The summed E-state index contributed by atoms with van der Waals surface area (Å²) >= 11 is 0. The second-order valence-corrected chi connectivity index (χ2v) is 26.0. The second-order valence-electron chi connectivity index (χ2n) is 16.8. The van der Waals surface area contributed by atoms with Gasteiger partial charge in [0.15, 0.2) is 16.6 Å². The van der Waals surface area contributed by atoms with Gasteiger partial charge >= 0.3 is 0 Å². The molecule has 0 aliphatic heterocycles. The van der Waals surface area contributed by atoms with Gasteiger partial charge in [0, 0.05) is 25.4 Å². The molecule has 1 unspecified atom stereocenters. The van der Waals surface area contributed by atoms with E-state index in [1.54, 1.807) is 14.2 Å². The molecule has 54 heavy (non-hydrogen) atoms. The van der Waals surface area contributed by atoms with Crippen LogP contribution in [-0.4, -0.2) is 79.9 Å². The van der Waals surface area contributed by atoms with Gasteiger partial charge in [0.1, 0.15) is 24.8 Å². The van der Waals surface area contributed by atoms with Gasteiger partial charge in [-0.1, -0.05) is 114 Å². The van der Waals surface area contributed by atoms with Crippen LogP contribution >= 0.6 is 0 Å². The third-order valence-electron chi connectivity index (χ3n) is 9.94. The van der Waals surface area contributed by atoms with Crippen molar-refractivity contribution in [2.75, 3.05) is 27.6 Å². The number of ether oxygens (including phenoxy) is 5. The van der Waals surface area contributed by atoms with Crippen molar-refractivity contribution in [2.45, 2.75) is 142 Å². The average molecular weight is 785 g/mol. The fraction of sp³-hybridized carbons (Fsp3) is 0.636. The molecule has 0 saturated heterocycles. The molecule has 10 heteroatoms. The van der Waals surface area contributed by atoms with Crippen LogP contribution in [0.4, 0.5) is 0 Å². The molecule has 0 amide bonds. The fourth-order valence-corrected chi connectivity index (χ4v) is 8.21. The first-order valence-corrected chi connectivity index (χ1v) is 25.9. The minimum absolute atomic E-state index is 0.00117. The molecule has 0 aliphatic rings. The standard InChI is InChI=1S/C44H72O8Si2/c1-14-19-39(50-33-46-7)30-40(51-54(12,13)44(4,5)6)27-28-41(45)34(2)43(52-53(9,10)11)35(3)42(49-32-36-20-16-15-17-21-36)22-18-29-48-31-37-23-25-38(47-8)26-24-37/h15-18,20-26,34-35,39-43,45H,14,19,29-33H2,1-13H3/b22-18+/t34-,35-,39+,40-,41?,42+,43+/m1/s1. The number of benzene rings is 2. The van der Waals surface area contributed by atoms with Gasteiger partial charge in [0.2, 0.25) is 0 Å². The van der Waals surface area contributed by atoms with Crippen LogP contribution < -0.4 is 4.74 Å². The van der Waals surface area contributed by atoms with Crippen LogP contribution in [0, 0.1) is 23.7 Å². The Balaban J connectivity index is 2.37. The van der Waals surface area contributed by atoms with Crippen molar-refractivity contribution in [1.29, 1.82) is 0 Å². The van der Waals surface area contributed by atoms with Crippen LogP contribution in [0.5, 0.6) is 5.75 Å². The molecule has 1 N–H and O–H groups in total. The summed E-state index contributed by atoms with van der Waals surface area (Å²) in [7, 11) is -0.963. The molecule has 0 bridgehead atoms. The molecule has 0 radical (unpaired) electrons. The topological polar surface area (TPSA) is 84.8 Å². The van der Waals surface area contributed by atoms with Crippen molar-refractivity contribution in [3.63, 3.8) is 0 Å².